The minimum atomic E-state index is -0.992. The summed E-state index contributed by atoms with van der Waals surface area (Å²) < 4.78 is 8.01. The molecule has 2 N–H and O–H groups in total. The molecule has 1 aromatic heterocycles. The zero-order valence-electron chi connectivity index (χ0n) is 24.0. The standard InChI is InChI=1S/C35H31Cl2N3O4/c1-2-3-19-40-22-32(29-18-13-26(36)21-30(29)37)38-33(40)31(39-34(41)24-7-5-4-6-8-24)20-23-9-14-27(15-10-23)44-28-16-11-25(12-17-28)35(42)43/h4-18,21-22,31H,2-3,19-20H2,1H3,(H,39,41)(H,42,43)/t31-/m0/s1. The number of benzene rings is 4. The van der Waals surface area contributed by atoms with Crippen LogP contribution in [0.2, 0.25) is 10.0 Å². The number of aromatic nitrogens is 2. The van der Waals surface area contributed by atoms with Crippen molar-refractivity contribution in [3.05, 3.63) is 136 Å². The molecule has 0 aliphatic carbocycles. The molecule has 44 heavy (non-hydrogen) atoms. The Morgan fingerprint density at radius 1 is 0.909 bits per heavy atom. The molecule has 0 aliphatic heterocycles. The minimum absolute atomic E-state index is 0.190. The highest BCUT2D eigenvalue weighted by atomic mass is 35.5. The number of hydrogen-bond donors (Lipinski definition) is 2. The summed E-state index contributed by atoms with van der Waals surface area (Å²) in [4.78, 5) is 29.5. The third kappa shape index (κ3) is 7.67. The van der Waals surface area contributed by atoms with Crippen LogP contribution in [-0.2, 0) is 13.0 Å². The largest absolute Gasteiger partial charge is 0.478 e. The summed E-state index contributed by atoms with van der Waals surface area (Å²) >= 11 is 12.7. The summed E-state index contributed by atoms with van der Waals surface area (Å²) in [6.07, 6.45) is 4.39. The molecule has 1 atom stereocenters. The van der Waals surface area contributed by atoms with Crippen molar-refractivity contribution in [2.24, 2.45) is 0 Å². The van der Waals surface area contributed by atoms with Gasteiger partial charge in [0.25, 0.3) is 5.91 Å². The highest BCUT2D eigenvalue weighted by Crippen LogP contribution is 2.32. The average molecular weight is 629 g/mol. The van der Waals surface area contributed by atoms with E-state index in [1.54, 1.807) is 36.4 Å². The highest BCUT2D eigenvalue weighted by Gasteiger charge is 2.24. The van der Waals surface area contributed by atoms with E-state index in [1.807, 2.05) is 54.7 Å². The van der Waals surface area contributed by atoms with Crippen LogP contribution in [0.1, 0.15) is 57.9 Å². The Balaban J connectivity index is 1.45. The maximum Gasteiger partial charge on any atom is 0.335 e. The normalized spacial score (nSPS) is 11.6. The summed E-state index contributed by atoms with van der Waals surface area (Å²) in [7, 11) is 0. The molecule has 1 amide bonds. The van der Waals surface area contributed by atoms with Crippen LogP contribution in [0.25, 0.3) is 11.3 Å². The Kier molecular flexibility index (Phi) is 10.00. The average Bonchev–Trinajstić information content (AvgIpc) is 3.45. The molecular formula is C35H31Cl2N3O4. The van der Waals surface area contributed by atoms with Crippen LogP contribution in [0.5, 0.6) is 11.5 Å². The fraction of sp³-hybridized carbons (Fsp3) is 0.171. The first-order valence-corrected chi connectivity index (χ1v) is 15.0. The number of ether oxygens (including phenoxy) is 1. The lowest BCUT2D eigenvalue weighted by Gasteiger charge is -2.20. The lowest BCUT2D eigenvalue weighted by molar-refractivity contribution is 0.0696. The predicted molar refractivity (Wildman–Crippen MR) is 173 cm³/mol. The van der Waals surface area contributed by atoms with Crippen molar-refractivity contribution in [1.29, 1.82) is 0 Å². The van der Waals surface area contributed by atoms with Crippen LogP contribution in [0.15, 0.2) is 103 Å². The van der Waals surface area contributed by atoms with Crippen molar-refractivity contribution >= 4 is 35.1 Å². The van der Waals surface area contributed by atoms with Gasteiger partial charge < -0.3 is 19.7 Å². The topological polar surface area (TPSA) is 93.5 Å². The SMILES string of the molecule is CCCCn1cc(-c2ccc(Cl)cc2Cl)nc1[C@H](Cc1ccc(Oc2ccc(C(=O)O)cc2)cc1)NC(=O)c1ccccc1. The Hall–Kier alpha value is -4.59. The van der Waals surface area contributed by atoms with E-state index in [1.165, 1.54) is 12.1 Å². The fourth-order valence-corrected chi connectivity index (χ4v) is 5.32. The van der Waals surface area contributed by atoms with E-state index in [0.29, 0.717) is 39.2 Å². The second kappa shape index (κ2) is 14.3. The van der Waals surface area contributed by atoms with E-state index in [0.717, 1.165) is 36.3 Å². The first-order chi connectivity index (χ1) is 21.3. The van der Waals surface area contributed by atoms with E-state index in [2.05, 4.69) is 16.8 Å². The van der Waals surface area contributed by atoms with E-state index >= 15 is 0 Å². The van der Waals surface area contributed by atoms with E-state index < -0.39 is 12.0 Å². The molecule has 0 unspecified atom stereocenters. The van der Waals surface area contributed by atoms with Gasteiger partial charge >= 0.3 is 5.97 Å². The second-order valence-corrected chi connectivity index (χ2v) is 11.2. The number of imidazole rings is 1. The Labute approximate surface area is 266 Å². The number of aromatic carboxylic acids is 1. The molecule has 0 saturated carbocycles. The van der Waals surface area contributed by atoms with E-state index in [-0.39, 0.29) is 11.5 Å². The summed E-state index contributed by atoms with van der Waals surface area (Å²) in [5.41, 5.74) is 3.18. The molecule has 224 valence electrons. The van der Waals surface area contributed by atoms with Crippen LogP contribution < -0.4 is 10.1 Å². The molecule has 4 aromatic carbocycles. The van der Waals surface area contributed by atoms with Crippen LogP contribution in [0.3, 0.4) is 0 Å². The van der Waals surface area contributed by atoms with Crippen LogP contribution in [-0.4, -0.2) is 26.5 Å². The van der Waals surface area contributed by atoms with Gasteiger partial charge in [-0.15, -0.1) is 0 Å². The Morgan fingerprint density at radius 3 is 2.23 bits per heavy atom. The zero-order chi connectivity index (χ0) is 31.1. The zero-order valence-corrected chi connectivity index (χ0v) is 25.6. The van der Waals surface area contributed by atoms with Crippen molar-refractivity contribution < 1.29 is 19.4 Å². The molecule has 7 nitrogen and oxygen atoms in total. The van der Waals surface area contributed by atoms with Crippen LogP contribution >= 0.6 is 23.2 Å². The number of rotatable bonds is 12. The van der Waals surface area contributed by atoms with Gasteiger partial charge in [-0.05, 0) is 85.1 Å². The number of unbranched alkanes of at least 4 members (excludes halogenated alkanes) is 1. The molecule has 5 aromatic rings. The number of nitrogens with zero attached hydrogens (tertiary/aromatic N) is 2. The maximum atomic E-state index is 13.4. The molecule has 0 aliphatic rings. The number of hydrogen-bond acceptors (Lipinski definition) is 4. The van der Waals surface area contributed by atoms with Gasteiger partial charge in [-0.2, -0.15) is 0 Å². The van der Waals surface area contributed by atoms with Gasteiger partial charge in [0.1, 0.15) is 17.3 Å². The van der Waals surface area contributed by atoms with E-state index in [4.69, 9.17) is 38.0 Å². The van der Waals surface area contributed by atoms with Crippen molar-refractivity contribution in [3.8, 4) is 22.8 Å². The summed E-state index contributed by atoms with van der Waals surface area (Å²) in [6, 6.07) is 27.8. The Bertz CT molecular complexity index is 1740. The van der Waals surface area contributed by atoms with Gasteiger partial charge in [0.2, 0.25) is 0 Å². The summed E-state index contributed by atoms with van der Waals surface area (Å²) in [6.45, 7) is 2.86. The number of amides is 1. The number of aryl methyl sites for hydroxylation is 1. The summed E-state index contributed by atoms with van der Waals surface area (Å²) in [5.74, 6) is 0.667. The first-order valence-electron chi connectivity index (χ1n) is 14.3. The Morgan fingerprint density at radius 2 is 1.59 bits per heavy atom. The monoisotopic (exact) mass is 627 g/mol. The second-order valence-electron chi connectivity index (χ2n) is 10.3. The van der Waals surface area contributed by atoms with Crippen LogP contribution in [0.4, 0.5) is 0 Å². The summed E-state index contributed by atoms with van der Waals surface area (Å²) in [5, 5.41) is 13.4. The van der Waals surface area contributed by atoms with Crippen molar-refractivity contribution in [1.82, 2.24) is 14.9 Å². The predicted octanol–water partition coefficient (Wildman–Crippen LogP) is 8.86. The number of carboxylic acids is 1. The van der Waals surface area contributed by atoms with E-state index in [9.17, 15) is 9.59 Å². The van der Waals surface area contributed by atoms with Crippen molar-refractivity contribution in [3.63, 3.8) is 0 Å². The number of carbonyl (C=O) groups excluding carboxylic acids is 1. The molecule has 5 rings (SSSR count). The third-order valence-corrected chi connectivity index (χ3v) is 7.67. The fourth-order valence-electron chi connectivity index (χ4n) is 4.81. The third-order valence-electron chi connectivity index (χ3n) is 7.12. The molecule has 0 fully saturated rings. The number of halogens is 2. The molecule has 0 saturated heterocycles. The number of nitrogens with one attached hydrogen (secondary N) is 1. The minimum Gasteiger partial charge on any atom is -0.478 e. The van der Waals surface area contributed by atoms with Gasteiger partial charge in [-0.3, -0.25) is 4.79 Å². The lowest BCUT2D eigenvalue weighted by Crippen LogP contribution is -2.32. The smallest absolute Gasteiger partial charge is 0.335 e. The maximum absolute atomic E-state index is 13.4. The van der Waals surface area contributed by atoms with Crippen molar-refractivity contribution in [2.75, 3.05) is 0 Å². The quantitative estimate of drug-likeness (QED) is 0.144. The number of carbonyl (C=O) groups is 2. The highest BCUT2D eigenvalue weighted by molar-refractivity contribution is 6.36. The van der Waals surface area contributed by atoms with Gasteiger partial charge in [0, 0.05) is 28.9 Å². The van der Waals surface area contributed by atoms with Gasteiger partial charge in [0.05, 0.1) is 22.3 Å². The molecule has 1 heterocycles. The van der Waals surface area contributed by atoms with Gasteiger partial charge in [-0.1, -0.05) is 66.9 Å². The molecule has 0 bridgehead atoms. The lowest BCUT2D eigenvalue weighted by atomic mass is 10.0. The number of carboxylic acid groups (broad SMARTS) is 1. The van der Waals surface area contributed by atoms with Gasteiger partial charge in [-0.25, -0.2) is 9.78 Å². The van der Waals surface area contributed by atoms with Crippen molar-refractivity contribution in [2.45, 2.75) is 38.8 Å². The molecule has 0 spiro atoms. The van der Waals surface area contributed by atoms with Gasteiger partial charge in [0.15, 0.2) is 0 Å². The van der Waals surface area contributed by atoms with Crippen LogP contribution in [0, 0.1) is 0 Å². The molecule has 0 radical (unpaired) electrons. The first kappa shape index (κ1) is 30.9. The molecule has 9 heteroatoms. The molecular weight excluding hydrogens is 597 g/mol.